The monoisotopic (exact) mass is 517 g/mol. The fourth-order valence-electron chi connectivity index (χ4n) is 3.92. The van der Waals surface area contributed by atoms with Gasteiger partial charge in [-0.3, -0.25) is 10.1 Å². The van der Waals surface area contributed by atoms with Crippen LogP contribution < -0.4 is 14.4 Å². The van der Waals surface area contributed by atoms with Gasteiger partial charge in [-0.1, -0.05) is 30.3 Å². The summed E-state index contributed by atoms with van der Waals surface area (Å²) in [6.07, 6.45) is -3.14. The van der Waals surface area contributed by atoms with Crippen molar-refractivity contribution in [2.45, 2.75) is 31.7 Å². The number of ether oxygens (including phenoxy) is 3. The van der Waals surface area contributed by atoms with E-state index in [1.165, 1.54) is 30.5 Å². The van der Waals surface area contributed by atoms with E-state index in [9.17, 15) is 28.1 Å². The van der Waals surface area contributed by atoms with Gasteiger partial charge in [0.2, 0.25) is 5.88 Å². The summed E-state index contributed by atoms with van der Waals surface area (Å²) in [6, 6.07) is 14.3. The second-order valence-electron chi connectivity index (χ2n) is 8.22. The Balaban J connectivity index is 1.40. The lowest BCUT2D eigenvalue weighted by atomic mass is 10.2. The fraction of sp³-hybridized carbons (Fsp3) is 0.280. The van der Waals surface area contributed by atoms with Crippen molar-refractivity contribution in [2.24, 2.45) is 0 Å². The predicted octanol–water partition coefficient (Wildman–Crippen LogP) is 5.77. The summed E-state index contributed by atoms with van der Waals surface area (Å²) in [4.78, 5) is 27.8. The smallest absolute Gasteiger partial charge is 0.472 e. The molecule has 0 N–H and O–H groups in total. The van der Waals surface area contributed by atoms with E-state index in [0.29, 0.717) is 24.9 Å². The number of nitro benzene ring substituents is 1. The molecular weight excluding hydrogens is 495 g/mol. The van der Waals surface area contributed by atoms with Gasteiger partial charge in [0.25, 0.3) is 5.69 Å². The first kappa shape index (κ1) is 25.7. The van der Waals surface area contributed by atoms with Gasteiger partial charge in [0, 0.05) is 18.7 Å². The Hall–Kier alpha value is -4.35. The first-order valence-corrected chi connectivity index (χ1v) is 11.3. The van der Waals surface area contributed by atoms with Crippen molar-refractivity contribution in [3.63, 3.8) is 0 Å². The minimum atomic E-state index is -4.69. The second-order valence-corrected chi connectivity index (χ2v) is 8.22. The molecule has 0 radical (unpaired) electrons. The van der Waals surface area contributed by atoms with Crippen molar-refractivity contribution < 1.29 is 37.1 Å². The molecule has 2 aromatic carbocycles. The number of nitro groups is 1. The third kappa shape index (κ3) is 6.66. The Morgan fingerprint density at radius 1 is 1.14 bits per heavy atom. The molecule has 1 aliphatic heterocycles. The maximum Gasteiger partial charge on any atom is 0.513 e. The quantitative estimate of drug-likeness (QED) is 0.161. The van der Waals surface area contributed by atoms with Crippen LogP contribution in [0.25, 0.3) is 0 Å². The molecule has 1 aliphatic rings. The molecule has 1 aromatic heterocycles. The summed E-state index contributed by atoms with van der Waals surface area (Å²) in [5.74, 6) is -0.456. The van der Waals surface area contributed by atoms with E-state index >= 15 is 0 Å². The van der Waals surface area contributed by atoms with Crippen LogP contribution in [0.1, 0.15) is 24.0 Å². The molecular formula is C25H22F3N3O6. The van der Waals surface area contributed by atoms with Gasteiger partial charge in [0.1, 0.15) is 24.5 Å². The second kappa shape index (κ2) is 11.1. The highest BCUT2D eigenvalue weighted by Gasteiger charge is 2.37. The maximum atomic E-state index is 13.8. The van der Waals surface area contributed by atoms with Gasteiger partial charge in [0.15, 0.2) is 0 Å². The van der Waals surface area contributed by atoms with Crippen molar-refractivity contribution >= 4 is 17.5 Å². The van der Waals surface area contributed by atoms with E-state index in [0.717, 1.165) is 6.07 Å². The molecule has 4 rings (SSSR count). The molecule has 0 amide bonds. The molecule has 0 saturated carbocycles. The van der Waals surface area contributed by atoms with Gasteiger partial charge in [-0.05, 0) is 36.6 Å². The van der Waals surface area contributed by atoms with Gasteiger partial charge in [-0.2, -0.15) is 13.2 Å². The highest BCUT2D eigenvalue weighted by atomic mass is 19.4. The summed E-state index contributed by atoms with van der Waals surface area (Å²) >= 11 is 0. The zero-order chi connectivity index (χ0) is 26.4. The summed E-state index contributed by atoms with van der Waals surface area (Å²) in [7, 11) is 0. The van der Waals surface area contributed by atoms with Gasteiger partial charge >= 0.3 is 12.3 Å². The lowest BCUT2D eigenvalue weighted by molar-refractivity contribution is -0.384. The Bertz CT molecular complexity index is 1240. The van der Waals surface area contributed by atoms with Gasteiger partial charge in [-0.15, -0.1) is 0 Å². The number of hydrogen-bond donors (Lipinski definition) is 0. The highest BCUT2D eigenvalue weighted by molar-refractivity contribution is 5.64. The molecule has 0 aliphatic carbocycles. The fourth-order valence-corrected chi connectivity index (χ4v) is 3.92. The van der Waals surface area contributed by atoms with Crippen LogP contribution in [0.15, 0.2) is 66.9 Å². The number of pyridine rings is 1. The number of hydrogen-bond acceptors (Lipinski definition) is 8. The Kier molecular flexibility index (Phi) is 7.75. The minimum Gasteiger partial charge on any atom is -0.472 e. The number of rotatable bonds is 8. The summed E-state index contributed by atoms with van der Waals surface area (Å²) in [5.41, 5.74) is -0.219. The number of halogens is 3. The zero-order valence-electron chi connectivity index (χ0n) is 19.4. The van der Waals surface area contributed by atoms with Crippen LogP contribution >= 0.6 is 0 Å². The summed E-state index contributed by atoms with van der Waals surface area (Å²) < 4.78 is 57.0. The van der Waals surface area contributed by atoms with E-state index in [1.54, 1.807) is 35.2 Å². The van der Waals surface area contributed by atoms with Crippen molar-refractivity contribution in [2.75, 3.05) is 18.1 Å². The first-order chi connectivity index (χ1) is 17.7. The summed E-state index contributed by atoms with van der Waals surface area (Å²) in [6.45, 7) is 0.265. The van der Waals surface area contributed by atoms with Gasteiger partial charge in [-0.25, -0.2) is 9.78 Å². The SMILES string of the molecule is O=C(OCC1CCCN1c1cnc(OCc2ccccc2)c(C(F)(F)F)c1)Oc1ccc([N+](=O)[O-])cc1. The number of aromatic nitrogens is 1. The molecule has 1 atom stereocenters. The molecule has 1 fully saturated rings. The average Bonchev–Trinajstić information content (AvgIpc) is 3.35. The molecule has 1 saturated heterocycles. The van der Waals surface area contributed by atoms with E-state index in [1.807, 2.05) is 0 Å². The van der Waals surface area contributed by atoms with Crippen LogP contribution in [0.4, 0.5) is 29.3 Å². The van der Waals surface area contributed by atoms with Crippen LogP contribution in [0.3, 0.4) is 0 Å². The van der Waals surface area contributed by atoms with E-state index < -0.39 is 28.7 Å². The molecule has 1 unspecified atom stereocenters. The lowest BCUT2D eigenvalue weighted by Crippen LogP contribution is -2.34. The third-order valence-electron chi connectivity index (χ3n) is 5.71. The highest BCUT2D eigenvalue weighted by Crippen LogP contribution is 2.38. The zero-order valence-corrected chi connectivity index (χ0v) is 19.4. The third-order valence-corrected chi connectivity index (χ3v) is 5.71. The molecule has 37 heavy (non-hydrogen) atoms. The van der Waals surface area contributed by atoms with E-state index in [-0.39, 0.29) is 36.4 Å². The predicted molar refractivity (Wildman–Crippen MR) is 125 cm³/mol. The number of non-ortho nitro benzene ring substituents is 1. The van der Waals surface area contributed by atoms with E-state index in [4.69, 9.17) is 14.2 Å². The van der Waals surface area contributed by atoms with Crippen molar-refractivity contribution in [1.29, 1.82) is 0 Å². The molecule has 2 heterocycles. The van der Waals surface area contributed by atoms with Crippen molar-refractivity contribution in [1.82, 2.24) is 4.98 Å². The number of carbonyl (C=O) groups excluding carboxylic acids is 1. The molecule has 0 spiro atoms. The Morgan fingerprint density at radius 2 is 1.86 bits per heavy atom. The number of carbonyl (C=O) groups is 1. The van der Waals surface area contributed by atoms with Crippen LogP contribution in [0.2, 0.25) is 0 Å². The number of nitrogens with zero attached hydrogens (tertiary/aromatic N) is 3. The average molecular weight is 517 g/mol. The molecule has 9 nitrogen and oxygen atoms in total. The van der Waals surface area contributed by atoms with Crippen LogP contribution in [0, 0.1) is 10.1 Å². The van der Waals surface area contributed by atoms with Gasteiger partial charge < -0.3 is 19.1 Å². The van der Waals surface area contributed by atoms with Crippen LogP contribution in [0.5, 0.6) is 11.6 Å². The number of benzene rings is 2. The number of alkyl halides is 3. The number of anilines is 1. The minimum absolute atomic E-state index is 0.0592. The standard InChI is InChI=1S/C25H22F3N3O6/c26-25(27,28)22-13-20(14-29-23(22)35-15-17-5-2-1-3-6-17)30-12-4-7-19(30)16-36-24(32)37-21-10-8-18(9-11-21)31(33)34/h1-3,5-6,8-11,13-14,19H,4,7,12,15-16H2. The Labute approximate surface area is 209 Å². The van der Waals surface area contributed by atoms with Gasteiger partial charge in [0.05, 0.1) is 22.8 Å². The largest absolute Gasteiger partial charge is 0.513 e. The molecule has 3 aromatic rings. The first-order valence-electron chi connectivity index (χ1n) is 11.3. The maximum absolute atomic E-state index is 13.8. The van der Waals surface area contributed by atoms with Crippen molar-refractivity contribution in [3.05, 3.63) is 88.1 Å². The lowest BCUT2D eigenvalue weighted by Gasteiger charge is -2.27. The van der Waals surface area contributed by atoms with Crippen LogP contribution in [-0.2, 0) is 17.5 Å². The topological polar surface area (TPSA) is 104 Å². The summed E-state index contributed by atoms with van der Waals surface area (Å²) in [5, 5.41) is 10.7. The molecule has 194 valence electrons. The van der Waals surface area contributed by atoms with Crippen LogP contribution in [-0.4, -0.2) is 35.3 Å². The normalized spacial score (nSPS) is 15.3. The van der Waals surface area contributed by atoms with Crippen molar-refractivity contribution in [3.8, 4) is 11.6 Å². The Morgan fingerprint density at radius 3 is 2.54 bits per heavy atom. The molecule has 12 heteroatoms. The molecule has 0 bridgehead atoms. The van der Waals surface area contributed by atoms with E-state index in [2.05, 4.69) is 4.98 Å².